The summed E-state index contributed by atoms with van der Waals surface area (Å²) in [6.07, 6.45) is 0. The second-order valence-corrected chi connectivity index (χ2v) is 5.99. The largest absolute Gasteiger partial charge is 0.497 e. The van der Waals surface area contributed by atoms with Crippen LogP contribution in [0.1, 0.15) is 0 Å². The molecule has 2 heterocycles. The number of hydrazine groups is 1. The van der Waals surface area contributed by atoms with Crippen molar-refractivity contribution in [2.45, 2.75) is 0 Å². The number of hydrogen-bond acceptors (Lipinski definition) is 7. The Morgan fingerprint density at radius 1 is 1.29 bits per heavy atom. The lowest BCUT2D eigenvalue weighted by molar-refractivity contribution is 0.415. The first-order chi connectivity index (χ1) is 10.2. The molecular weight excluding hydrogens is 354 g/mol. The third kappa shape index (κ3) is 2.92. The Morgan fingerprint density at radius 3 is 2.90 bits per heavy atom. The molecule has 0 aliphatic heterocycles. The van der Waals surface area contributed by atoms with Crippen LogP contribution in [0.4, 0.5) is 17.5 Å². The zero-order valence-corrected chi connectivity index (χ0v) is 13.5. The predicted molar refractivity (Wildman–Crippen MR) is 89.2 cm³/mol. The molecule has 0 saturated carbocycles. The third-order valence-electron chi connectivity index (χ3n) is 2.82. The van der Waals surface area contributed by atoms with Crippen LogP contribution >= 0.6 is 27.3 Å². The molecule has 2 aromatic heterocycles. The summed E-state index contributed by atoms with van der Waals surface area (Å²) in [5.41, 5.74) is 3.34. The number of nitrogens with two attached hydrogens (primary N) is 1. The standard InChI is InChI=1S/C13H12BrN5OS/c1-20-9-5-7(14)4-8(6-9)16-11-10-2-3-21-12(10)18-13(17-11)19-15/h2-6H,15H2,1H3,(H2,16,17,18,19). The zero-order chi connectivity index (χ0) is 14.8. The first-order valence-corrected chi connectivity index (χ1v) is 7.70. The van der Waals surface area contributed by atoms with Crippen molar-refractivity contribution in [2.24, 2.45) is 5.84 Å². The Balaban J connectivity index is 2.04. The predicted octanol–water partition coefficient (Wildman–Crippen LogP) is 3.49. The number of anilines is 3. The van der Waals surface area contributed by atoms with E-state index in [4.69, 9.17) is 10.6 Å². The highest BCUT2D eigenvalue weighted by atomic mass is 79.9. The quantitative estimate of drug-likeness (QED) is 0.484. The van der Waals surface area contributed by atoms with Crippen LogP contribution in [0.25, 0.3) is 10.2 Å². The monoisotopic (exact) mass is 365 g/mol. The highest BCUT2D eigenvalue weighted by molar-refractivity contribution is 9.10. The van der Waals surface area contributed by atoms with Gasteiger partial charge in [-0.1, -0.05) is 15.9 Å². The van der Waals surface area contributed by atoms with Crippen LogP contribution in [0, 0.1) is 0 Å². The number of benzene rings is 1. The van der Waals surface area contributed by atoms with Crippen molar-refractivity contribution in [2.75, 3.05) is 17.9 Å². The molecule has 0 amide bonds. The molecule has 0 unspecified atom stereocenters. The van der Waals surface area contributed by atoms with E-state index in [-0.39, 0.29) is 0 Å². The second-order valence-electron chi connectivity index (χ2n) is 4.18. The fraction of sp³-hybridized carbons (Fsp3) is 0.0769. The summed E-state index contributed by atoms with van der Waals surface area (Å²) in [7, 11) is 1.63. The summed E-state index contributed by atoms with van der Waals surface area (Å²) in [6.45, 7) is 0. The van der Waals surface area contributed by atoms with Gasteiger partial charge in [-0.15, -0.1) is 11.3 Å². The molecule has 0 aliphatic carbocycles. The topological polar surface area (TPSA) is 85.1 Å². The molecule has 8 heteroatoms. The molecule has 3 rings (SSSR count). The maximum atomic E-state index is 5.42. The Hall–Kier alpha value is -1.90. The van der Waals surface area contributed by atoms with Gasteiger partial charge in [0.25, 0.3) is 0 Å². The van der Waals surface area contributed by atoms with Crippen molar-refractivity contribution in [1.29, 1.82) is 0 Å². The summed E-state index contributed by atoms with van der Waals surface area (Å²) in [4.78, 5) is 9.53. The fourth-order valence-corrected chi connectivity index (χ4v) is 3.14. The van der Waals surface area contributed by atoms with Gasteiger partial charge in [0, 0.05) is 16.2 Å². The maximum absolute atomic E-state index is 5.42. The molecular formula is C13H12BrN5OS. The highest BCUT2D eigenvalue weighted by Crippen LogP contribution is 2.31. The lowest BCUT2D eigenvalue weighted by atomic mass is 10.3. The summed E-state index contributed by atoms with van der Waals surface area (Å²) < 4.78 is 6.17. The zero-order valence-electron chi connectivity index (χ0n) is 11.1. The van der Waals surface area contributed by atoms with Crippen LogP contribution in [-0.4, -0.2) is 17.1 Å². The van der Waals surface area contributed by atoms with Crippen LogP contribution in [0.2, 0.25) is 0 Å². The van der Waals surface area contributed by atoms with Gasteiger partial charge in [-0.2, -0.15) is 4.98 Å². The minimum Gasteiger partial charge on any atom is -0.497 e. The first kappa shape index (κ1) is 14.1. The molecule has 0 saturated heterocycles. The SMILES string of the molecule is COc1cc(Br)cc(Nc2nc(NN)nc3sccc23)c1. The highest BCUT2D eigenvalue weighted by Gasteiger charge is 2.09. The number of hydrogen-bond donors (Lipinski definition) is 3. The Kier molecular flexibility index (Phi) is 3.91. The molecule has 21 heavy (non-hydrogen) atoms. The Labute approximate surface area is 133 Å². The minimum atomic E-state index is 0.370. The van der Waals surface area contributed by atoms with Crippen LogP contribution < -0.4 is 21.3 Å². The molecule has 4 N–H and O–H groups in total. The van der Waals surface area contributed by atoms with E-state index in [1.54, 1.807) is 7.11 Å². The van der Waals surface area contributed by atoms with Gasteiger partial charge < -0.3 is 10.1 Å². The van der Waals surface area contributed by atoms with Crippen molar-refractivity contribution in [1.82, 2.24) is 9.97 Å². The van der Waals surface area contributed by atoms with Crippen molar-refractivity contribution >= 4 is 54.9 Å². The molecule has 108 valence electrons. The van der Waals surface area contributed by atoms with Gasteiger partial charge in [0.05, 0.1) is 12.5 Å². The third-order valence-corrected chi connectivity index (χ3v) is 4.09. The van der Waals surface area contributed by atoms with E-state index in [1.165, 1.54) is 11.3 Å². The van der Waals surface area contributed by atoms with Crippen molar-refractivity contribution in [3.63, 3.8) is 0 Å². The van der Waals surface area contributed by atoms with Crippen molar-refractivity contribution in [3.05, 3.63) is 34.1 Å². The average Bonchev–Trinajstić information content (AvgIpc) is 2.95. The molecule has 0 fully saturated rings. The van der Waals surface area contributed by atoms with Crippen LogP contribution in [0.5, 0.6) is 5.75 Å². The number of fused-ring (bicyclic) bond motifs is 1. The average molecular weight is 366 g/mol. The smallest absolute Gasteiger partial charge is 0.240 e. The van der Waals surface area contributed by atoms with Gasteiger partial charge in [0.2, 0.25) is 5.95 Å². The Morgan fingerprint density at radius 2 is 2.14 bits per heavy atom. The summed E-state index contributed by atoms with van der Waals surface area (Å²) in [5.74, 6) is 7.22. The molecule has 0 radical (unpaired) electrons. The molecule has 1 aromatic carbocycles. The van der Waals surface area contributed by atoms with E-state index in [2.05, 4.69) is 36.6 Å². The summed E-state index contributed by atoms with van der Waals surface area (Å²) >= 11 is 4.99. The van der Waals surface area contributed by atoms with Crippen molar-refractivity contribution in [3.8, 4) is 5.75 Å². The lowest BCUT2D eigenvalue weighted by Gasteiger charge is -2.10. The molecule has 0 spiro atoms. The van der Waals surface area contributed by atoms with Gasteiger partial charge in [-0.05, 0) is 23.6 Å². The van der Waals surface area contributed by atoms with E-state index in [1.807, 2.05) is 29.6 Å². The summed E-state index contributed by atoms with van der Waals surface area (Å²) in [6, 6.07) is 7.69. The fourth-order valence-electron chi connectivity index (χ4n) is 1.90. The molecule has 0 aliphatic rings. The number of nitrogens with zero attached hydrogens (tertiary/aromatic N) is 2. The molecule has 0 bridgehead atoms. The van der Waals surface area contributed by atoms with Crippen LogP contribution in [0.15, 0.2) is 34.1 Å². The number of rotatable bonds is 4. The van der Waals surface area contributed by atoms with Crippen LogP contribution in [0.3, 0.4) is 0 Å². The van der Waals surface area contributed by atoms with E-state index >= 15 is 0 Å². The Bertz CT molecular complexity index is 791. The molecule has 6 nitrogen and oxygen atoms in total. The van der Waals surface area contributed by atoms with Crippen LogP contribution in [-0.2, 0) is 0 Å². The number of ether oxygens (including phenoxy) is 1. The van der Waals surface area contributed by atoms with Gasteiger partial charge in [-0.25, -0.2) is 10.8 Å². The minimum absolute atomic E-state index is 0.370. The van der Waals surface area contributed by atoms with Gasteiger partial charge in [0.1, 0.15) is 16.4 Å². The number of nitrogen functional groups attached to an aromatic ring is 1. The lowest BCUT2D eigenvalue weighted by Crippen LogP contribution is -2.11. The van der Waals surface area contributed by atoms with E-state index in [0.717, 1.165) is 26.1 Å². The number of aromatic nitrogens is 2. The number of halogens is 1. The maximum Gasteiger partial charge on any atom is 0.240 e. The molecule has 0 atom stereocenters. The van der Waals surface area contributed by atoms with Gasteiger partial charge in [-0.3, -0.25) is 5.43 Å². The molecule has 3 aromatic rings. The summed E-state index contributed by atoms with van der Waals surface area (Å²) in [5, 5.41) is 6.18. The van der Waals surface area contributed by atoms with E-state index in [9.17, 15) is 0 Å². The van der Waals surface area contributed by atoms with Crippen molar-refractivity contribution < 1.29 is 4.74 Å². The number of nitrogens with one attached hydrogen (secondary N) is 2. The number of methoxy groups -OCH3 is 1. The second kappa shape index (κ2) is 5.84. The van der Waals surface area contributed by atoms with E-state index in [0.29, 0.717) is 11.8 Å². The number of thiophene rings is 1. The van der Waals surface area contributed by atoms with Gasteiger partial charge in [0.15, 0.2) is 0 Å². The first-order valence-electron chi connectivity index (χ1n) is 6.03. The van der Waals surface area contributed by atoms with Gasteiger partial charge >= 0.3 is 0 Å². The normalized spacial score (nSPS) is 10.6. The van der Waals surface area contributed by atoms with E-state index < -0.39 is 0 Å².